The maximum absolute atomic E-state index is 10.3. The first-order valence-electron chi connectivity index (χ1n) is 3.23. The van der Waals surface area contributed by atoms with Crippen molar-refractivity contribution in [3.05, 3.63) is 33.3 Å². The number of dihydropyridines is 1. The van der Waals surface area contributed by atoms with E-state index in [2.05, 4.69) is 5.32 Å². The second-order valence-electron chi connectivity index (χ2n) is 2.59. The fourth-order valence-corrected chi connectivity index (χ4v) is 1.24. The van der Waals surface area contributed by atoms with Crippen LogP contribution in [0.3, 0.4) is 0 Å². The second-order valence-corrected chi connectivity index (χ2v) is 2.59. The second kappa shape index (κ2) is 1.75. The molecule has 3 rings (SSSR count). The van der Waals surface area contributed by atoms with Crippen molar-refractivity contribution in [2.45, 2.75) is 12.5 Å². The highest BCUT2D eigenvalue weighted by molar-refractivity contribution is 5.36. The van der Waals surface area contributed by atoms with Crippen molar-refractivity contribution in [2.24, 2.45) is 0 Å². The molecular weight excluding hydrogens is 148 g/mol. The molecule has 0 aromatic rings. The van der Waals surface area contributed by atoms with Gasteiger partial charge < -0.3 is 10.4 Å². The van der Waals surface area contributed by atoms with Gasteiger partial charge >= 0.3 is 0 Å². The molecule has 0 aromatic carbocycles. The van der Waals surface area contributed by atoms with Crippen LogP contribution in [0.4, 0.5) is 0 Å². The van der Waals surface area contributed by atoms with Gasteiger partial charge in [0.05, 0.1) is 22.7 Å². The molecule has 2 N–H and O–H groups in total. The zero-order chi connectivity index (χ0) is 8.01. The third kappa shape index (κ3) is 0.705. The van der Waals surface area contributed by atoms with E-state index in [1.165, 1.54) is 6.08 Å². The lowest BCUT2D eigenvalue weighted by molar-refractivity contribution is -0.422. The predicted molar refractivity (Wildman–Crippen MR) is 36.3 cm³/mol. The summed E-state index contributed by atoms with van der Waals surface area (Å²) in [5.41, 5.74) is 0.614. The Morgan fingerprint density at radius 2 is 2.45 bits per heavy atom. The molecule has 1 fully saturated rings. The number of fused-ring (bicyclic) bond motifs is 1. The molecule has 0 saturated carbocycles. The minimum absolute atomic E-state index is 0.00926. The predicted octanol–water partition coefficient (Wildman–Crippen LogP) is 0.292. The van der Waals surface area contributed by atoms with Crippen molar-refractivity contribution in [3.63, 3.8) is 0 Å². The summed E-state index contributed by atoms with van der Waals surface area (Å²) < 4.78 is 0. The van der Waals surface area contributed by atoms with Crippen molar-refractivity contribution in [2.75, 3.05) is 0 Å². The third-order valence-corrected chi connectivity index (χ3v) is 1.90. The zero-order valence-electron chi connectivity index (χ0n) is 5.57. The fourth-order valence-electron chi connectivity index (χ4n) is 1.24. The molecular formula is C6H6N2O3. The third-order valence-electron chi connectivity index (χ3n) is 1.90. The van der Waals surface area contributed by atoms with Gasteiger partial charge in [0.25, 0.3) is 5.70 Å². The van der Waals surface area contributed by atoms with Crippen LogP contribution in [0.25, 0.3) is 0 Å². The number of allylic oxidation sites excluding steroid dienone is 1. The molecule has 0 aromatic heterocycles. The van der Waals surface area contributed by atoms with Crippen LogP contribution >= 0.6 is 0 Å². The number of nitrogens with zero attached hydrogens (tertiary/aromatic N) is 1. The first kappa shape index (κ1) is 6.21. The first-order valence-corrected chi connectivity index (χ1v) is 3.23. The average Bonchev–Trinajstić information content (AvgIpc) is 1.83. The smallest absolute Gasteiger partial charge is 0.291 e. The maximum Gasteiger partial charge on any atom is 0.291 e. The van der Waals surface area contributed by atoms with E-state index < -0.39 is 4.92 Å². The van der Waals surface area contributed by atoms with Crippen LogP contribution < -0.4 is 5.32 Å². The van der Waals surface area contributed by atoms with E-state index in [9.17, 15) is 10.1 Å². The van der Waals surface area contributed by atoms with Crippen LogP contribution in [-0.2, 0) is 0 Å². The lowest BCUT2D eigenvalue weighted by atomic mass is 9.93. The Morgan fingerprint density at radius 3 is 2.82 bits per heavy atom. The van der Waals surface area contributed by atoms with Gasteiger partial charge in [-0.3, -0.25) is 10.1 Å². The molecule has 3 aliphatic rings. The monoisotopic (exact) mass is 154 g/mol. The van der Waals surface area contributed by atoms with Crippen LogP contribution in [0, 0.1) is 10.1 Å². The van der Waals surface area contributed by atoms with E-state index in [0.717, 1.165) is 0 Å². The SMILES string of the molecule is O=[N+]([O-])C1=C2CC(N2)C(O)=C1. The normalized spacial score (nSPS) is 26.9. The molecule has 0 radical (unpaired) electrons. The van der Waals surface area contributed by atoms with E-state index in [4.69, 9.17) is 5.11 Å². The molecule has 1 saturated heterocycles. The van der Waals surface area contributed by atoms with Crippen LogP contribution in [0.5, 0.6) is 0 Å². The summed E-state index contributed by atoms with van der Waals surface area (Å²) in [4.78, 5) is 9.79. The lowest BCUT2D eigenvalue weighted by Crippen LogP contribution is -2.46. The van der Waals surface area contributed by atoms with Crippen LogP contribution in [-0.4, -0.2) is 16.1 Å². The number of rotatable bonds is 1. The zero-order valence-corrected chi connectivity index (χ0v) is 5.57. The van der Waals surface area contributed by atoms with Gasteiger partial charge in [-0.25, -0.2) is 0 Å². The number of nitrogens with one attached hydrogen (secondary N) is 1. The van der Waals surface area contributed by atoms with Crippen molar-refractivity contribution in [1.29, 1.82) is 0 Å². The van der Waals surface area contributed by atoms with Gasteiger partial charge in [0.2, 0.25) is 0 Å². The molecule has 5 nitrogen and oxygen atoms in total. The molecule has 0 spiro atoms. The minimum Gasteiger partial charge on any atom is -0.510 e. The van der Waals surface area contributed by atoms with E-state index in [-0.39, 0.29) is 17.5 Å². The van der Waals surface area contributed by atoms with Crippen molar-refractivity contribution in [3.8, 4) is 0 Å². The Labute approximate surface area is 62.2 Å². The Morgan fingerprint density at radius 1 is 1.82 bits per heavy atom. The van der Waals surface area contributed by atoms with Crippen molar-refractivity contribution < 1.29 is 10.0 Å². The summed E-state index contributed by atoms with van der Waals surface area (Å²) in [6.45, 7) is 0. The summed E-state index contributed by atoms with van der Waals surface area (Å²) in [7, 11) is 0. The molecule has 5 heteroatoms. The largest absolute Gasteiger partial charge is 0.510 e. The van der Waals surface area contributed by atoms with Crippen LogP contribution in [0.2, 0.25) is 0 Å². The van der Waals surface area contributed by atoms with Gasteiger partial charge in [-0.15, -0.1) is 0 Å². The number of nitro groups is 1. The summed E-state index contributed by atoms with van der Waals surface area (Å²) in [6.07, 6.45) is 1.78. The molecule has 1 unspecified atom stereocenters. The van der Waals surface area contributed by atoms with E-state index >= 15 is 0 Å². The van der Waals surface area contributed by atoms with Gasteiger partial charge in [-0.1, -0.05) is 0 Å². The summed E-state index contributed by atoms with van der Waals surface area (Å²) in [5, 5.41) is 22.2. The number of aliphatic hydroxyl groups is 1. The molecule has 1 atom stereocenters. The minimum atomic E-state index is -0.492. The fraction of sp³-hybridized carbons (Fsp3) is 0.333. The van der Waals surface area contributed by atoms with Crippen molar-refractivity contribution in [1.82, 2.24) is 5.32 Å². The Balaban J connectivity index is 2.39. The van der Waals surface area contributed by atoms with E-state index in [0.29, 0.717) is 12.1 Å². The number of hydrogen-bond donors (Lipinski definition) is 2. The van der Waals surface area contributed by atoms with Crippen LogP contribution in [0.15, 0.2) is 23.2 Å². The summed E-state index contributed by atoms with van der Waals surface area (Å²) in [5.74, 6) is 0.0618. The van der Waals surface area contributed by atoms with Crippen molar-refractivity contribution >= 4 is 0 Å². The Bertz CT molecular complexity index is 284. The highest BCUT2D eigenvalue weighted by atomic mass is 16.6. The van der Waals surface area contributed by atoms with Gasteiger partial charge in [0.1, 0.15) is 5.76 Å². The van der Waals surface area contributed by atoms with Gasteiger partial charge in [-0.2, -0.15) is 0 Å². The molecule has 58 valence electrons. The molecule has 0 amide bonds. The maximum atomic E-state index is 10.3. The lowest BCUT2D eigenvalue weighted by Gasteiger charge is -2.33. The quantitative estimate of drug-likeness (QED) is 0.420. The Hall–Kier alpha value is -1.52. The van der Waals surface area contributed by atoms with Gasteiger partial charge in [0.15, 0.2) is 0 Å². The number of hydrogen-bond acceptors (Lipinski definition) is 4. The standard InChI is InChI=1S/C6H6N2O3/c9-6-2-5(8(10)11)3-1-4(6)7-3/h2,4,7,9H,1H2. The molecule has 1 aliphatic carbocycles. The highest BCUT2D eigenvalue weighted by Gasteiger charge is 2.37. The molecule has 2 heterocycles. The van der Waals surface area contributed by atoms with E-state index in [1.807, 2.05) is 0 Å². The Kier molecular flexibility index (Phi) is 0.986. The summed E-state index contributed by atoms with van der Waals surface area (Å²) >= 11 is 0. The first-order chi connectivity index (χ1) is 5.18. The average molecular weight is 154 g/mol. The topological polar surface area (TPSA) is 75.4 Å². The molecule has 11 heavy (non-hydrogen) atoms. The molecule has 2 aliphatic heterocycles. The molecule has 2 bridgehead atoms. The number of aliphatic hydroxyl groups excluding tert-OH is 1. The van der Waals surface area contributed by atoms with E-state index in [1.54, 1.807) is 0 Å². The van der Waals surface area contributed by atoms with Gasteiger partial charge in [0, 0.05) is 6.42 Å². The summed E-state index contributed by atoms with van der Waals surface area (Å²) in [6, 6.07) is -0.0753. The highest BCUT2D eigenvalue weighted by Crippen LogP contribution is 2.30. The van der Waals surface area contributed by atoms with Crippen LogP contribution in [0.1, 0.15) is 6.42 Å². The van der Waals surface area contributed by atoms with Gasteiger partial charge in [-0.05, 0) is 0 Å².